The second kappa shape index (κ2) is 5.14. The topological polar surface area (TPSA) is 48.0 Å². The first kappa shape index (κ1) is 11.2. The van der Waals surface area contributed by atoms with Crippen LogP contribution in [0.1, 0.15) is 18.9 Å². The molecule has 0 saturated heterocycles. The first-order valence-electron chi connectivity index (χ1n) is 5.74. The largest absolute Gasteiger partial charge is 0.395 e. The third-order valence-electron chi connectivity index (χ3n) is 2.97. The average molecular weight is 218 g/mol. The monoisotopic (exact) mass is 218 g/mol. The molecule has 3 nitrogen and oxygen atoms in total. The van der Waals surface area contributed by atoms with Crippen LogP contribution in [0.2, 0.25) is 0 Å². The summed E-state index contributed by atoms with van der Waals surface area (Å²) in [7, 11) is 0. The third-order valence-corrected chi connectivity index (χ3v) is 2.97. The first-order valence-corrected chi connectivity index (χ1v) is 5.74. The SMILES string of the molecule is CCC(CO)NCc1c[nH]c2ccccc12. The molecule has 1 atom stereocenters. The zero-order chi connectivity index (χ0) is 11.4. The fraction of sp³-hybridized carbons (Fsp3) is 0.385. The molecule has 0 aliphatic heterocycles. The molecule has 1 aromatic heterocycles. The molecule has 0 bridgehead atoms. The lowest BCUT2D eigenvalue weighted by molar-refractivity contribution is 0.238. The average Bonchev–Trinajstić information content (AvgIpc) is 2.74. The van der Waals surface area contributed by atoms with Gasteiger partial charge in [0.25, 0.3) is 0 Å². The maximum atomic E-state index is 9.10. The van der Waals surface area contributed by atoms with Gasteiger partial charge in [0, 0.05) is 29.7 Å². The van der Waals surface area contributed by atoms with Crippen molar-refractivity contribution in [2.75, 3.05) is 6.61 Å². The summed E-state index contributed by atoms with van der Waals surface area (Å²) in [5.74, 6) is 0. The molecule has 2 aromatic rings. The number of benzene rings is 1. The van der Waals surface area contributed by atoms with Crippen LogP contribution in [0.5, 0.6) is 0 Å². The second-order valence-electron chi connectivity index (χ2n) is 4.03. The van der Waals surface area contributed by atoms with Crippen molar-refractivity contribution >= 4 is 10.9 Å². The van der Waals surface area contributed by atoms with Crippen LogP contribution in [-0.2, 0) is 6.54 Å². The van der Waals surface area contributed by atoms with Gasteiger partial charge in [-0.25, -0.2) is 0 Å². The Balaban J connectivity index is 2.09. The Morgan fingerprint density at radius 1 is 1.38 bits per heavy atom. The van der Waals surface area contributed by atoms with Crippen LogP contribution in [0, 0.1) is 0 Å². The van der Waals surface area contributed by atoms with Crippen LogP contribution in [0.15, 0.2) is 30.5 Å². The Hall–Kier alpha value is -1.32. The van der Waals surface area contributed by atoms with Gasteiger partial charge in [-0.3, -0.25) is 0 Å². The van der Waals surface area contributed by atoms with E-state index in [2.05, 4.69) is 29.4 Å². The summed E-state index contributed by atoms with van der Waals surface area (Å²) in [4.78, 5) is 3.25. The molecule has 0 radical (unpaired) electrons. The van der Waals surface area contributed by atoms with Crippen LogP contribution in [0.25, 0.3) is 10.9 Å². The lowest BCUT2D eigenvalue weighted by atomic mass is 10.1. The Morgan fingerprint density at radius 2 is 2.19 bits per heavy atom. The number of aromatic nitrogens is 1. The van der Waals surface area contributed by atoms with Crippen molar-refractivity contribution in [1.82, 2.24) is 10.3 Å². The lowest BCUT2D eigenvalue weighted by Gasteiger charge is -2.13. The maximum absolute atomic E-state index is 9.10. The highest BCUT2D eigenvalue weighted by Crippen LogP contribution is 2.17. The minimum atomic E-state index is 0.189. The van der Waals surface area contributed by atoms with Crippen molar-refractivity contribution in [3.63, 3.8) is 0 Å². The van der Waals surface area contributed by atoms with Gasteiger partial charge < -0.3 is 15.4 Å². The van der Waals surface area contributed by atoms with Crippen molar-refractivity contribution in [3.8, 4) is 0 Å². The van der Waals surface area contributed by atoms with E-state index in [1.54, 1.807) is 0 Å². The van der Waals surface area contributed by atoms with E-state index in [-0.39, 0.29) is 12.6 Å². The van der Waals surface area contributed by atoms with E-state index in [9.17, 15) is 0 Å². The molecule has 16 heavy (non-hydrogen) atoms. The van der Waals surface area contributed by atoms with Gasteiger partial charge in [-0.15, -0.1) is 0 Å². The van der Waals surface area contributed by atoms with Gasteiger partial charge in [-0.05, 0) is 18.1 Å². The molecule has 3 heteroatoms. The summed E-state index contributed by atoms with van der Waals surface area (Å²) >= 11 is 0. The molecule has 86 valence electrons. The van der Waals surface area contributed by atoms with Crippen molar-refractivity contribution in [3.05, 3.63) is 36.0 Å². The molecule has 0 fully saturated rings. The fourth-order valence-electron chi connectivity index (χ4n) is 1.87. The minimum Gasteiger partial charge on any atom is -0.395 e. The highest BCUT2D eigenvalue weighted by Gasteiger charge is 2.06. The summed E-state index contributed by atoms with van der Waals surface area (Å²) in [6, 6.07) is 8.45. The molecule has 0 aliphatic carbocycles. The van der Waals surface area contributed by atoms with Crippen LogP contribution >= 0.6 is 0 Å². The number of nitrogens with one attached hydrogen (secondary N) is 2. The minimum absolute atomic E-state index is 0.189. The number of H-pyrrole nitrogens is 1. The highest BCUT2D eigenvalue weighted by atomic mass is 16.3. The number of rotatable bonds is 5. The van der Waals surface area contributed by atoms with Crippen LogP contribution in [0.4, 0.5) is 0 Å². The van der Waals surface area contributed by atoms with Crippen molar-refractivity contribution in [1.29, 1.82) is 0 Å². The van der Waals surface area contributed by atoms with Gasteiger partial charge in [0.15, 0.2) is 0 Å². The first-order chi connectivity index (χ1) is 7.85. The summed E-state index contributed by atoms with van der Waals surface area (Å²) < 4.78 is 0. The zero-order valence-electron chi connectivity index (χ0n) is 9.53. The van der Waals surface area contributed by atoms with Crippen LogP contribution in [-0.4, -0.2) is 22.7 Å². The number of aromatic amines is 1. The Kier molecular flexibility index (Phi) is 3.59. The standard InChI is InChI=1S/C13H18N2O/c1-2-11(9-16)14-7-10-8-15-13-6-4-3-5-12(10)13/h3-6,8,11,14-16H,2,7,9H2,1H3. The molecule has 1 aromatic carbocycles. The number of hydrogen-bond donors (Lipinski definition) is 3. The normalized spacial score (nSPS) is 13.1. The summed E-state index contributed by atoms with van der Waals surface area (Å²) in [6.45, 7) is 3.06. The van der Waals surface area contributed by atoms with E-state index >= 15 is 0 Å². The summed E-state index contributed by atoms with van der Waals surface area (Å²) in [5.41, 5.74) is 2.42. The highest BCUT2D eigenvalue weighted by molar-refractivity contribution is 5.82. The van der Waals surface area contributed by atoms with Crippen molar-refractivity contribution in [2.24, 2.45) is 0 Å². The fourth-order valence-corrected chi connectivity index (χ4v) is 1.87. The van der Waals surface area contributed by atoms with Gasteiger partial charge in [0.2, 0.25) is 0 Å². The Labute approximate surface area is 95.5 Å². The van der Waals surface area contributed by atoms with Crippen molar-refractivity contribution in [2.45, 2.75) is 25.9 Å². The van der Waals surface area contributed by atoms with E-state index in [0.29, 0.717) is 0 Å². The quantitative estimate of drug-likeness (QED) is 0.719. The number of aliphatic hydroxyl groups excluding tert-OH is 1. The molecule has 0 amide bonds. The molecule has 0 aliphatic rings. The molecule has 2 rings (SSSR count). The van der Waals surface area contributed by atoms with Crippen molar-refractivity contribution < 1.29 is 5.11 Å². The Morgan fingerprint density at radius 3 is 2.94 bits per heavy atom. The predicted molar refractivity (Wildman–Crippen MR) is 66.3 cm³/mol. The molecule has 1 unspecified atom stereocenters. The molecule has 1 heterocycles. The summed E-state index contributed by atoms with van der Waals surface area (Å²) in [6.07, 6.45) is 2.97. The smallest absolute Gasteiger partial charge is 0.0584 e. The van der Waals surface area contributed by atoms with Gasteiger partial charge in [0.05, 0.1) is 6.61 Å². The van der Waals surface area contributed by atoms with E-state index < -0.39 is 0 Å². The number of hydrogen-bond acceptors (Lipinski definition) is 2. The number of para-hydroxylation sites is 1. The number of fused-ring (bicyclic) bond motifs is 1. The molecule has 0 spiro atoms. The predicted octanol–water partition coefficient (Wildman–Crippen LogP) is 2.03. The van der Waals surface area contributed by atoms with Gasteiger partial charge in [-0.2, -0.15) is 0 Å². The van der Waals surface area contributed by atoms with E-state index in [0.717, 1.165) is 18.5 Å². The van der Waals surface area contributed by atoms with E-state index in [1.165, 1.54) is 10.9 Å². The van der Waals surface area contributed by atoms with Gasteiger partial charge >= 0.3 is 0 Å². The Bertz CT molecular complexity index is 446. The molecular formula is C13H18N2O. The summed E-state index contributed by atoms with van der Waals surface area (Å²) in [5, 5.41) is 13.7. The number of aliphatic hydroxyl groups is 1. The molecular weight excluding hydrogens is 200 g/mol. The zero-order valence-corrected chi connectivity index (χ0v) is 9.53. The second-order valence-corrected chi connectivity index (χ2v) is 4.03. The van der Waals surface area contributed by atoms with E-state index in [1.807, 2.05) is 18.3 Å². The van der Waals surface area contributed by atoms with Crippen LogP contribution < -0.4 is 5.32 Å². The van der Waals surface area contributed by atoms with Crippen LogP contribution in [0.3, 0.4) is 0 Å². The van der Waals surface area contributed by atoms with Gasteiger partial charge in [0.1, 0.15) is 0 Å². The molecule has 0 saturated carbocycles. The van der Waals surface area contributed by atoms with Gasteiger partial charge in [-0.1, -0.05) is 25.1 Å². The lowest BCUT2D eigenvalue weighted by Crippen LogP contribution is -2.31. The third kappa shape index (κ3) is 2.26. The molecule has 3 N–H and O–H groups in total. The van der Waals surface area contributed by atoms with E-state index in [4.69, 9.17) is 5.11 Å². The maximum Gasteiger partial charge on any atom is 0.0584 e.